The molecule has 24 heavy (non-hydrogen) atoms. The summed E-state index contributed by atoms with van der Waals surface area (Å²) in [5.74, 6) is -0.288. The van der Waals surface area contributed by atoms with Crippen LogP contribution in [0.2, 0.25) is 10.0 Å². The molecule has 0 radical (unpaired) electrons. The van der Waals surface area contributed by atoms with Gasteiger partial charge in [-0.2, -0.15) is 0 Å². The second-order valence-electron chi connectivity index (χ2n) is 5.22. The van der Waals surface area contributed by atoms with E-state index in [1.54, 1.807) is 35.5 Å². The number of nitrogens with one attached hydrogen (secondary N) is 1. The molecule has 0 aliphatic rings. The molecule has 0 saturated heterocycles. The monoisotopic (exact) mass is 365 g/mol. The van der Waals surface area contributed by atoms with E-state index in [1.165, 1.54) is 6.92 Å². The van der Waals surface area contributed by atoms with E-state index in [0.717, 1.165) is 5.56 Å². The smallest absolute Gasteiger partial charge is 0.226 e. The van der Waals surface area contributed by atoms with Gasteiger partial charge in [0.25, 0.3) is 0 Å². The molecule has 0 aliphatic carbocycles. The molecule has 1 aromatic carbocycles. The number of benzene rings is 1. The number of rotatable bonds is 6. The van der Waals surface area contributed by atoms with Gasteiger partial charge in [0, 0.05) is 44.5 Å². The van der Waals surface area contributed by atoms with Gasteiger partial charge in [0.15, 0.2) is 0 Å². The number of nitrogens with zero attached hydrogens (tertiary/aromatic N) is 2. The molecule has 1 heterocycles. The molecule has 1 N–H and O–H groups in total. The fourth-order valence-corrected chi connectivity index (χ4v) is 2.39. The molecule has 0 atom stereocenters. The number of hydrogen-bond donors (Lipinski definition) is 1. The summed E-state index contributed by atoms with van der Waals surface area (Å²) in [6, 6.07) is 8.55. The Hall–Kier alpha value is -2.11. The average molecular weight is 366 g/mol. The van der Waals surface area contributed by atoms with Crippen molar-refractivity contribution in [2.24, 2.45) is 0 Å². The molecule has 0 fully saturated rings. The number of hydrogen-bond acceptors (Lipinski definition) is 3. The van der Waals surface area contributed by atoms with Crippen molar-refractivity contribution in [2.75, 3.05) is 11.9 Å². The van der Waals surface area contributed by atoms with Crippen molar-refractivity contribution < 1.29 is 9.59 Å². The molecule has 0 saturated carbocycles. The van der Waals surface area contributed by atoms with E-state index in [1.807, 2.05) is 12.1 Å². The number of carbonyl (C=O) groups excluding carboxylic acids is 2. The van der Waals surface area contributed by atoms with Gasteiger partial charge in [-0.15, -0.1) is 0 Å². The van der Waals surface area contributed by atoms with Crippen molar-refractivity contribution in [3.8, 4) is 0 Å². The minimum Gasteiger partial charge on any atom is -0.338 e. The molecule has 0 spiro atoms. The van der Waals surface area contributed by atoms with Crippen molar-refractivity contribution in [1.82, 2.24) is 9.88 Å². The van der Waals surface area contributed by atoms with Crippen molar-refractivity contribution >= 4 is 40.7 Å². The molecule has 2 aromatic rings. The van der Waals surface area contributed by atoms with Crippen LogP contribution in [0.3, 0.4) is 0 Å². The van der Waals surface area contributed by atoms with Crippen LogP contribution in [0.25, 0.3) is 0 Å². The highest BCUT2D eigenvalue weighted by atomic mass is 35.5. The van der Waals surface area contributed by atoms with E-state index < -0.39 is 0 Å². The molecule has 7 heteroatoms. The van der Waals surface area contributed by atoms with Crippen molar-refractivity contribution in [3.63, 3.8) is 0 Å². The highest BCUT2D eigenvalue weighted by Crippen LogP contribution is 2.25. The number of aromatic nitrogens is 1. The second kappa shape index (κ2) is 8.66. The van der Waals surface area contributed by atoms with E-state index in [9.17, 15) is 9.59 Å². The van der Waals surface area contributed by atoms with Crippen LogP contribution in [0.4, 0.5) is 5.69 Å². The number of carbonyl (C=O) groups is 2. The van der Waals surface area contributed by atoms with Crippen molar-refractivity contribution in [2.45, 2.75) is 19.9 Å². The van der Waals surface area contributed by atoms with Crippen molar-refractivity contribution in [1.29, 1.82) is 0 Å². The average Bonchev–Trinajstić information content (AvgIpc) is 2.55. The Balaban J connectivity index is 1.90. The van der Waals surface area contributed by atoms with Crippen LogP contribution >= 0.6 is 23.2 Å². The zero-order valence-electron chi connectivity index (χ0n) is 13.1. The summed E-state index contributed by atoms with van der Waals surface area (Å²) in [7, 11) is 0. The van der Waals surface area contributed by atoms with Crippen LogP contribution in [0, 0.1) is 0 Å². The molecule has 126 valence electrons. The molecular weight excluding hydrogens is 349 g/mol. The van der Waals surface area contributed by atoms with E-state index >= 15 is 0 Å². The first-order chi connectivity index (χ1) is 11.5. The minimum absolute atomic E-state index is 0.0888. The number of amides is 2. The Morgan fingerprint density at radius 2 is 1.83 bits per heavy atom. The summed E-state index contributed by atoms with van der Waals surface area (Å²) in [4.78, 5) is 29.4. The predicted molar refractivity (Wildman–Crippen MR) is 95.0 cm³/mol. The molecule has 0 aliphatic heterocycles. The standard InChI is InChI=1S/C17H17Cl2N3O2/c1-12(23)22(11-13-4-7-20-8-5-13)9-6-17(24)21-14-2-3-15(18)16(19)10-14/h2-5,7-8,10H,6,9,11H2,1H3,(H,21,24). The third-order valence-corrected chi connectivity index (χ3v) is 4.12. The van der Waals surface area contributed by atoms with Crippen LogP contribution in [-0.2, 0) is 16.1 Å². The maximum absolute atomic E-state index is 12.1. The zero-order valence-corrected chi connectivity index (χ0v) is 14.6. The van der Waals surface area contributed by atoms with Crippen LogP contribution in [0.15, 0.2) is 42.7 Å². The summed E-state index contributed by atoms with van der Waals surface area (Å²) in [6.07, 6.45) is 3.53. The molecule has 5 nitrogen and oxygen atoms in total. The van der Waals surface area contributed by atoms with Gasteiger partial charge in [-0.05, 0) is 35.9 Å². The van der Waals surface area contributed by atoms with E-state index in [2.05, 4.69) is 10.3 Å². The fourth-order valence-electron chi connectivity index (χ4n) is 2.09. The summed E-state index contributed by atoms with van der Waals surface area (Å²) in [5.41, 5.74) is 1.53. The lowest BCUT2D eigenvalue weighted by Gasteiger charge is -2.20. The number of anilines is 1. The summed E-state index contributed by atoms with van der Waals surface area (Å²) in [6.45, 7) is 2.25. The number of halogens is 2. The topological polar surface area (TPSA) is 62.3 Å². The van der Waals surface area contributed by atoms with Gasteiger partial charge in [-0.1, -0.05) is 23.2 Å². The highest BCUT2D eigenvalue weighted by Gasteiger charge is 2.12. The van der Waals surface area contributed by atoms with Crippen LogP contribution < -0.4 is 5.32 Å². The number of pyridine rings is 1. The summed E-state index contributed by atoms with van der Waals surface area (Å²) >= 11 is 11.8. The first-order valence-corrected chi connectivity index (χ1v) is 8.10. The van der Waals surface area contributed by atoms with Crippen molar-refractivity contribution in [3.05, 3.63) is 58.3 Å². The Morgan fingerprint density at radius 3 is 2.46 bits per heavy atom. The fraction of sp³-hybridized carbons (Fsp3) is 0.235. The van der Waals surface area contributed by atoms with Gasteiger partial charge in [0.1, 0.15) is 0 Å². The first kappa shape index (κ1) is 18.2. The zero-order chi connectivity index (χ0) is 17.5. The van der Waals surface area contributed by atoms with Gasteiger partial charge in [-0.25, -0.2) is 0 Å². The lowest BCUT2D eigenvalue weighted by Crippen LogP contribution is -2.31. The lowest BCUT2D eigenvalue weighted by atomic mass is 10.2. The highest BCUT2D eigenvalue weighted by molar-refractivity contribution is 6.42. The van der Waals surface area contributed by atoms with Gasteiger partial charge in [0.05, 0.1) is 10.0 Å². The molecule has 0 bridgehead atoms. The van der Waals surface area contributed by atoms with Crippen LogP contribution in [0.1, 0.15) is 18.9 Å². The Kier molecular flexibility index (Phi) is 6.58. The molecule has 1 aromatic heterocycles. The molecule has 0 unspecified atom stereocenters. The third kappa shape index (κ3) is 5.51. The van der Waals surface area contributed by atoms with E-state index in [-0.39, 0.29) is 18.2 Å². The maximum Gasteiger partial charge on any atom is 0.226 e. The molecule has 2 amide bonds. The molecule has 2 rings (SSSR count). The van der Waals surface area contributed by atoms with Gasteiger partial charge in [-0.3, -0.25) is 14.6 Å². The normalized spacial score (nSPS) is 10.3. The van der Waals surface area contributed by atoms with E-state index in [4.69, 9.17) is 23.2 Å². The Labute approximate surface area is 150 Å². The third-order valence-electron chi connectivity index (χ3n) is 3.38. The minimum atomic E-state index is -0.200. The maximum atomic E-state index is 12.1. The summed E-state index contributed by atoms with van der Waals surface area (Å²) < 4.78 is 0. The largest absolute Gasteiger partial charge is 0.338 e. The Bertz CT molecular complexity index is 723. The van der Waals surface area contributed by atoms with E-state index in [0.29, 0.717) is 28.8 Å². The first-order valence-electron chi connectivity index (χ1n) is 7.35. The predicted octanol–water partition coefficient (Wildman–Crippen LogP) is 3.77. The van der Waals surface area contributed by atoms with Gasteiger partial charge in [0.2, 0.25) is 11.8 Å². The SMILES string of the molecule is CC(=O)N(CCC(=O)Nc1ccc(Cl)c(Cl)c1)Cc1ccncc1. The van der Waals surface area contributed by atoms with Gasteiger partial charge < -0.3 is 10.2 Å². The van der Waals surface area contributed by atoms with Gasteiger partial charge >= 0.3 is 0 Å². The second-order valence-corrected chi connectivity index (χ2v) is 6.04. The Morgan fingerprint density at radius 1 is 1.12 bits per heavy atom. The van der Waals surface area contributed by atoms with Crippen LogP contribution in [0.5, 0.6) is 0 Å². The molecular formula is C17H17Cl2N3O2. The summed E-state index contributed by atoms with van der Waals surface area (Å²) in [5, 5.41) is 3.54. The van der Waals surface area contributed by atoms with Crippen LogP contribution in [-0.4, -0.2) is 28.2 Å². The lowest BCUT2D eigenvalue weighted by molar-refractivity contribution is -0.129. The quantitative estimate of drug-likeness (QED) is 0.847.